The van der Waals surface area contributed by atoms with E-state index in [0.29, 0.717) is 12.2 Å². The number of carbonyl (C=O) groups is 1. The molecule has 0 spiro atoms. The highest BCUT2D eigenvalue weighted by molar-refractivity contribution is 5.94. The summed E-state index contributed by atoms with van der Waals surface area (Å²) >= 11 is 0. The second-order valence-corrected chi connectivity index (χ2v) is 6.94. The second kappa shape index (κ2) is 5.85. The fourth-order valence-corrected chi connectivity index (χ4v) is 3.11. The molecule has 1 atom stereocenters. The van der Waals surface area contributed by atoms with Crippen LogP contribution in [-0.2, 0) is 10.3 Å². The summed E-state index contributed by atoms with van der Waals surface area (Å²) in [5, 5.41) is 7.48. The maximum Gasteiger partial charge on any atom is 0.226 e. The van der Waals surface area contributed by atoms with Crippen LogP contribution in [0.3, 0.4) is 0 Å². The van der Waals surface area contributed by atoms with Gasteiger partial charge in [-0.05, 0) is 26.8 Å². The number of methoxy groups -OCH3 is 2. The third kappa shape index (κ3) is 2.72. The first-order valence-corrected chi connectivity index (χ1v) is 7.95. The monoisotopic (exact) mass is 329 g/mol. The van der Waals surface area contributed by atoms with Crippen molar-refractivity contribution in [3.63, 3.8) is 0 Å². The first-order valence-electron chi connectivity index (χ1n) is 7.95. The first-order chi connectivity index (χ1) is 11.3. The van der Waals surface area contributed by atoms with Gasteiger partial charge in [-0.25, -0.2) is 4.68 Å². The van der Waals surface area contributed by atoms with Crippen LogP contribution in [0.15, 0.2) is 24.4 Å². The predicted molar refractivity (Wildman–Crippen MR) is 91.9 cm³/mol. The minimum Gasteiger partial charge on any atom is -0.497 e. The molecule has 1 aliphatic rings. The lowest BCUT2D eigenvalue weighted by atomic mass is 9.86. The Morgan fingerprint density at radius 1 is 1.21 bits per heavy atom. The molecule has 0 saturated heterocycles. The maximum atomic E-state index is 12.3. The number of rotatable bonds is 3. The summed E-state index contributed by atoms with van der Waals surface area (Å²) < 4.78 is 12.7. The molecule has 1 aliphatic heterocycles. The van der Waals surface area contributed by atoms with Crippen molar-refractivity contribution in [2.24, 2.45) is 0 Å². The summed E-state index contributed by atoms with van der Waals surface area (Å²) in [6.45, 7) is 6.18. The molecule has 1 N–H and O–H groups in total. The summed E-state index contributed by atoms with van der Waals surface area (Å²) in [6, 6.07) is 5.69. The third-order valence-electron chi connectivity index (χ3n) is 4.27. The van der Waals surface area contributed by atoms with Gasteiger partial charge in [0, 0.05) is 29.5 Å². The molecule has 0 fully saturated rings. The molecule has 2 aromatic rings. The first kappa shape index (κ1) is 16.4. The van der Waals surface area contributed by atoms with Crippen LogP contribution in [0.25, 0.3) is 0 Å². The normalized spacial score (nSPS) is 17.2. The molecule has 0 radical (unpaired) electrons. The van der Waals surface area contributed by atoms with Gasteiger partial charge in [0.15, 0.2) is 0 Å². The van der Waals surface area contributed by atoms with E-state index < -0.39 is 0 Å². The number of nitrogens with one attached hydrogen (secondary N) is 1. The smallest absolute Gasteiger partial charge is 0.226 e. The van der Waals surface area contributed by atoms with Crippen LogP contribution in [0.4, 0.5) is 5.82 Å². The summed E-state index contributed by atoms with van der Waals surface area (Å²) in [4.78, 5) is 12.3. The Bertz CT molecular complexity index is 774. The van der Waals surface area contributed by atoms with Crippen molar-refractivity contribution in [2.45, 2.75) is 38.6 Å². The molecular formula is C18H23N3O3. The Labute approximate surface area is 141 Å². The fourth-order valence-electron chi connectivity index (χ4n) is 3.11. The fraction of sp³-hybridized carbons (Fsp3) is 0.444. The average Bonchev–Trinajstić information content (AvgIpc) is 2.97. The van der Waals surface area contributed by atoms with Crippen LogP contribution in [-0.4, -0.2) is 29.9 Å². The van der Waals surface area contributed by atoms with E-state index in [9.17, 15) is 4.79 Å². The van der Waals surface area contributed by atoms with Gasteiger partial charge < -0.3 is 14.8 Å². The Hall–Kier alpha value is -2.50. The number of hydrogen-bond acceptors (Lipinski definition) is 4. The van der Waals surface area contributed by atoms with Crippen molar-refractivity contribution in [3.8, 4) is 11.5 Å². The number of ether oxygens (including phenoxy) is 2. The lowest BCUT2D eigenvalue weighted by molar-refractivity contribution is -0.116. The van der Waals surface area contributed by atoms with Crippen LogP contribution in [0.1, 0.15) is 44.2 Å². The SMILES string of the molecule is COc1ccc(C2CC(=O)Nc3c2cnn3C(C)(C)C)c(OC)c1. The summed E-state index contributed by atoms with van der Waals surface area (Å²) in [7, 11) is 3.24. The van der Waals surface area contributed by atoms with Crippen LogP contribution < -0.4 is 14.8 Å². The van der Waals surface area contributed by atoms with Crippen molar-refractivity contribution in [3.05, 3.63) is 35.5 Å². The molecular weight excluding hydrogens is 306 g/mol. The van der Waals surface area contributed by atoms with Crippen LogP contribution >= 0.6 is 0 Å². The van der Waals surface area contributed by atoms with E-state index in [-0.39, 0.29) is 17.4 Å². The molecule has 1 amide bonds. The number of hydrogen-bond donors (Lipinski definition) is 1. The summed E-state index contributed by atoms with van der Waals surface area (Å²) in [5.74, 6) is 2.09. The number of benzene rings is 1. The number of amides is 1. The molecule has 6 nitrogen and oxygen atoms in total. The van der Waals surface area contributed by atoms with Crippen LogP contribution in [0.5, 0.6) is 11.5 Å². The molecule has 0 saturated carbocycles. The van der Waals surface area contributed by atoms with E-state index in [1.165, 1.54) is 0 Å². The van der Waals surface area contributed by atoms with Crippen LogP contribution in [0.2, 0.25) is 0 Å². The molecule has 24 heavy (non-hydrogen) atoms. The standard InChI is InChI=1S/C18H23N3O3/c1-18(2,3)21-17-14(10-19-21)13(9-16(22)20-17)12-7-6-11(23-4)8-15(12)24-5/h6-8,10,13H,9H2,1-5H3,(H,20,22). The lowest BCUT2D eigenvalue weighted by Crippen LogP contribution is -2.30. The van der Waals surface area contributed by atoms with Crippen LogP contribution in [0, 0.1) is 0 Å². The van der Waals surface area contributed by atoms with E-state index in [4.69, 9.17) is 9.47 Å². The lowest BCUT2D eigenvalue weighted by Gasteiger charge is -2.28. The molecule has 1 aromatic heterocycles. The Morgan fingerprint density at radius 3 is 2.58 bits per heavy atom. The molecule has 1 unspecified atom stereocenters. The summed E-state index contributed by atoms with van der Waals surface area (Å²) in [5.41, 5.74) is 1.75. The molecule has 128 valence electrons. The topological polar surface area (TPSA) is 65.4 Å². The second-order valence-electron chi connectivity index (χ2n) is 6.94. The highest BCUT2D eigenvalue weighted by Crippen LogP contribution is 2.42. The highest BCUT2D eigenvalue weighted by atomic mass is 16.5. The quantitative estimate of drug-likeness (QED) is 0.939. The van der Waals surface area contributed by atoms with Gasteiger partial charge in [-0.1, -0.05) is 6.07 Å². The molecule has 2 heterocycles. The summed E-state index contributed by atoms with van der Waals surface area (Å²) in [6.07, 6.45) is 2.21. The number of nitrogens with zero attached hydrogens (tertiary/aromatic N) is 2. The van der Waals surface area contributed by atoms with Gasteiger partial charge in [-0.2, -0.15) is 5.10 Å². The minimum atomic E-state index is -0.216. The average molecular weight is 329 g/mol. The van der Waals surface area contributed by atoms with Gasteiger partial charge >= 0.3 is 0 Å². The Kier molecular flexibility index (Phi) is 3.99. The Balaban J connectivity index is 2.12. The molecule has 3 rings (SSSR count). The van der Waals surface area contributed by atoms with E-state index in [2.05, 4.69) is 31.2 Å². The third-order valence-corrected chi connectivity index (χ3v) is 4.27. The van der Waals surface area contributed by atoms with Gasteiger partial charge in [0.05, 0.1) is 26.0 Å². The predicted octanol–water partition coefficient (Wildman–Crippen LogP) is 3.13. The maximum absolute atomic E-state index is 12.3. The number of aromatic nitrogens is 2. The van der Waals surface area contributed by atoms with Gasteiger partial charge in [0.25, 0.3) is 0 Å². The molecule has 0 bridgehead atoms. The molecule has 1 aromatic carbocycles. The Morgan fingerprint density at radius 2 is 1.96 bits per heavy atom. The van der Waals surface area contributed by atoms with E-state index in [0.717, 1.165) is 22.7 Å². The number of fused-ring (bicyclic) bond motifs is 1. The van der Waals surface area contributed by atoms with Gasteiger partial charge in [0.1, 0.15) is 17.3 Å². The van der Waals surface area contributed by atoms with Gasteiger partial charge in [-0.15, -0.1) is 0 Å². The van der Waals surface area contributed by atoms with Crippen molar-refractivity contribution in [1.82, 2.24) is 9.78 Å². The number of carbonyl (C=O) groups excluding carboxylic acids is 1. The molecule has 0 aliphatic carbocycles. The van der Waals surface area contributed by atoms with Gasteiger partial charge in [-0.3, -0.25) is 4.79 Å². The van der Waals surface area contributed by atoms with E-state index >= 15 is 0 Å². The number of anilines is 1. The highest BCUT2D eigenvalue weighted by Gasteiger charge is 2.34. The minimum absolute atomic E-state index is 0.0172. The van der Waals surface area contributed by atoms with Crippen molar-refractivity contribution in [2.75, 3.05) is 19.5 Å². The largest absolute Gasteiger partial charge is 0.497 e. The van der Waals surface area contributed by atoms with E-state index in [1.54, 1.807) is 14.2 Å². The van der Waals surface area contributed by atoms with Gasteiger partial charge in [0.2, 0.25) is 5.91 Å². The van der Waals surface area contributed by atoms with Crippen molar-refractivity contribution < 1.29 is 14.3 Å². The molecule has 6 heteroatoms. The van der Waals surface area contributed by atoms with Crippen molar-refractivity contribution >= 4 is 11.7 Å². The van der Waals surface area contributed by atoms with E-state index in [1.807, 2.05) is 29.1 Å². The zero-order chi connectivity index (χ0) is 17.5. The van der Waals surface area contributed by atoms with Crippen molar-refractivity contribution in [1.29, 1.82) is 0 Å². The zero-order valence-electron chi connectivity index (χ0n) is 14.7. The zero-order valence-corrected chi connectivity index (χ0v) is 14.7.